The number of nitrogens with one attached hydrogen (secondary N) is 1. The van der Waals surface area contributed by atoms with Crippen molar-refractivity contribution in [2.24, 2.45) is 0 Å². The summed E-state index contributed by atoms with van der Waals surface area (Å²) in [6, 6.07) is 8.20. The van der Waals surface area contributed by atoms with Crippen molar-refractivity contribution in [3.05, 3.63) is 57.9 Å². The molecule has 112 valence electrons. The van der Waals surface area contributed by atoms with E-state index in [0.29, 0.717) is 30.6 Å². The summed E-state index contributed by atoms with van der Waals surface area (Å²) in [6.07, 6.45) is 1.40. The van der Waals surface area contributed by atoms with Gasteiger partial charge in [-0.15, -0.1) is 0 Å². The van der Waals surface area contributed by atoms with Crippen LogP contribution in [0.15, 0.2) is 24.3 Å². The Balaban J connectivity index is 1.96. The Kier molecular flexibility index (Phi) is 2.82. The van der Waals surface area contributed by atoms with E-state index in [-0.39, 0.29) is 5.91 Å². The van der Waals surface area contributed by atoms with Crippen molar-refractivity contribution in [1.82, 2.24) is 9.88 Å². The van der Waals surface area contributed by atoms with Gasteiger partial charge in [-0.3, -0.25) is 4.79 Å². The van der Waals surface area contributed by atoms with Crippen LogP contribution < -0.4 is 5.32 Å². The zero-order chi connectivity index (χ0) is 15.3. The van der Waals surface area contributed by atoms with Gasteiger partial charge in [-0.1, -0.05) is 24.3 Å². The Labute approximate surface area is 127 Å². The number of ether oxygens (including phenoxy) is 1. The van der Waals surface area contributed by atoms with Crippen molar-refractivity contribution in [1.29, 1.82) is 0 Å². The maximum Gasteiger partial charge on any atom is 0.340 e. The van der Waals surface area contributed by atoms with Crippen LogP contribution in [0.3, 0.4) is 0 Å². The fraction of sp³-hybridized carbons (Fsp3) is 0.294. The zero-order valence-corrected chi connectivity index (χ0v) is 12.3. The van der Waals surface area contributed by atoms with E-state index in [9.17, 15) is 9.59 Å². The molecule has 0 saturated carbocycles. The number of esters is 1. The van der Waals surface area contributed by atoms with E-state index in [4.69, 9.17) is 4.74 Å². The summed E-state index contributed by atoms with van der Waals surface area (Å²) in [5.74, 6) is -0.603. The maximum absolute atomic E-state index is 12.3. The van der Waals surface area contributed by atoms with Gasteiger partial charge < -0.3 is 14.6 Å². The largest absolute Gasteiger partial charge is 0.465 e. The lowest BCUT2D eigenvalue weighted by molar-refractivity contribution is 0.0595. The van der Waals surface area contributed by atoms with E-state index in [2.05, 4.69) is 22.0 Å². The first-order valence-corrected chi connectivity index (χ1v) is 7.38. The predicted octanol–water partition coefficient (Wildman–Crippen LogP) is 1.51. The van der Waals surface area contributed by atoms with E-state index >= 15 is 0 Å². The highest BCUT2D eigenvalue weighted by Gasteiger charge is 2.35. The summed E-state index contributed by atoms with van der Waals surface area (Å²) in [5.41, 5.74) is 5.23. The molecule has 0 unspecified atom stereocenters. The van der Waals surface area contributed by atoms with E-state index in [1.54, 1.807) is 0 Å². The molecule has 22 heavy (non-hydrogen) atoms. The summed E-state index contributed by atoms with van der Waals surface area (Å²) in [6.45, 7) is 1.32. The first-order chi connectivity index (χ1) is 10.7. The van der Waals surface area contributed by atoms with Gasteiger partial charge in [0, 0.05) is 37.3 Å². The van der Waals surface area contributed by atoms with Gasteiger partial charge in [0.1, 0.15) is 0 Å². The lowest BCUT2D eigenvalue weighted by Crippen LogP contribution is -2.33. The summed E-state index contributed by atoms with van der Waals surface area (Å²) < 4.78 is 7.06. The third kappa shape index (κ3) is 1.71. The molecule has 1 aromatic carbocycles. The fourth-order valence-corrected chi connectivity index (χ4v) is 3.54. The highest BCUT2D eigenvalue weighted by atomic mass is 16.5. The van der Waals surface area contributed by atoms with Crippen molar-refractivity contribution in [3.8, 4) is 0 Å². The number of amides is 1. The molecule has 0 bridgehead atoms. The van der Waals surface area contributed by atoms with Gasteiger partial charge in [0.15, 0.2) is 0 Å². The standard InChI is InChI=1S/C17H16N2O3/c1-22-17(21)15-13-8-10-4-2-3-5-11(10)9-19(13)12-6-7-18-16(20)14(12)15/h2-5H,6-9H2,1H3,(H,18,20). The second-order valence-corrected chi connectivity index (χ2v) is 5.67. The minimum Gasteiger partial charge on any atom is -0.465 e. The number of methoxy groups -OCH3 is 1. The lowest BCUT2D eigenvalue weighted by atomic mass is 9.97. The molecule has 5 nitrogen and oxygen atoms in total. The molecular weight excluding hydrogens is 280 g/mol. The Hall–Kier alpha value is -2.56. The first-order valence-electron chi connectivity index (χ1n) is 7.38. The van der Waals surface area contributed by atoms with Crippen molar-refractivity contribution in [3.63, 3.8) is 0 Å². The normalized spacial score (nSPS) is 15.4. The molecule has 5 heteroatoms. The third-order valence-electron chi connectivity index (χ3n) is 4.55. The highest BCUT2D eigenvalue weighted by molar-refractivity contribution is 6.08. The van der Waals surface area contributed by atoms with Crippen LogP contribution in [0.5, 0.6) is 0 Å². The third-order valence-corrected chi connectivity index (χ3v) is 4.55. The Morgan fingerprint density at radius 2 is 2.00 bits per heavy atom. The Morgan fingerprint density at radius 3 is 2.77 bits per heavy atom. The van der Waals surface area contributed by atoms with Crippen LogP contribution in [0.1, 0.15) is 43.2 Å². The average Bonchev–Trinajstić information content (AvgIpc) is 2.87. The van der Waals surface area contributed by atoms with Crippen LogP contribution in [-0.4, -0.2) is 30.1 Å². The molecule has 1 amide bonds. The molecule has 0 atom stereocenters. The number of hydrogen-bond acceptors (Lipinski definition) is 3. The van der Waals surface area contributed by atoms with Crippen LogP contribution in [0.4, 0.5) is 0 Å². The minimum atomic E-state index is -0.429. The van der Waals surface area contributed by atoms with Gasteiger partial charge >= 0.3 is 5.97 Å². The van der Waals surface area contributed by atoms with Gasteiger partial charge in [0.25, 0.3) is 5.91 Å². The molecule has 2 aliphatic rings. The first kappa shape index (κ1) is 13.1. The SMILES string of the molecule is COC(=O)c1c2c(n3c1Cc1ccccc1C3)CCNC2=O. The van der Waals surface area contributed by atoms with Crippen LogP contribution in [0.25, 0.3) is 0 Å². The second-order valence-electron chi connectivity index (χ2n) is 5.67. The van der Waals surface area contributed by atoms with Crippen molar-refractivity contribution >= 4 is 11.9 Å². The summed E-state index contributed by atoms with van der Waals surface area (Å²) in [5, 5.41) is 2.83. The fourth-order valence-electron chi connectivity index (χ4n) is 3.54. The van der Waals surface area contributed by atoms with E-state index in [0.717, 1.165) is 17.8 Å². The smallest absolute Gasteiger partial charge is 0.340 e. The number of carbonyl (C=O) groups is 2. The van der Waals surface area contributed by atoms with Gasteiger partial charge in [-0.2, -0.15) is 0 Å². The van der Waals surface area contributed by atoms with Gasteiger partial charge in [0.2, 0.25) is 0 Å². The van der Waals surface area contributed by atoms with Gasteiger partial charge in [-0.05, 0) is 11.1 Å². The number of nitrogens with zero attached hydrogens (tertiary/aromatic N) is 1. The molecule has 2 aromatic rings. The molecule has 3 heterocycles. The molecular formula is C17H16N2O3. The van der Waals surface area contributed by atoms with Crippen LogP contribution in [-0.2, 0) is 24.1 Å². The van der Waals surface area contributed by atoms with E-state index in [1.807, 2.05) is 12.1 Å². The van der Waals surface area contributed by atoms with Gasteiger partial charge in [0.05, 0.1) is 18.2 Å². The molecule has 2 aliphatic heterocycles. The molecule has 1 N–H and O–H groups in total. The number of rotatable bonds is 1. The lowest BCUT2D eigenvalue weighted by Gasteiger charge is -2.22. The molecule has 4 rings (SSSR count). The van der Waals surface area contributed by atoms with Crippen molar-refractivity contribution in [2.45, 2.75) is 19.4 Å². The molecule has 0 radical (unpaired) electrons. The zero-order valence-electron chi connectivity index (χ0n) is 12.3. The summed E-state index contributed by atoms with van der Waals surface area (Å²) >= 11 is 0. The maximum atomic E-state index is 12.3. The van der Waals surface area contributed by atoms with E-state index < -0.39 is 5.97 Å². The topological polar surface area (TPSA) is 60.3 Å². The van der Waals surface area contributed by atoms with Crippen LogP contribution in [0, 0.1) is 0 Å². The highest BCUT2D eigenvalue weighted by Crippen LogP contribution is 2.33. The monoisotopic (exact) mass is 296 g/mol. The molecule has 0 saturated heterocycles. The van der Waals surface area contributed by atoms with Crippen LogP contribution >= 0.6 is 0 Å². The number of fused-ring (bicyclic) bond motifs is 4. The molecule has 0 fully saturated rings. The summed E-state index contributed by atoms with van der Waals surface area (Å²) in [7, 11) is 1.36. The Morgan fingerprint density at radius 1 is 1.23 bits per heavy atom. The number of aromatic nitrogens is 1. The second kappa shape index (κ2) is 4.73. The number of hydrogen-bond donors (Lipinski definition) is 1. The van der Waals surface area contributed by atoms with Gasteiger partial charge in [-0.25, -0.2) is 4.79 Å². The minimum absolute atomic E-state index is 0.174. The van der Waals surface area contributed by atoms with Crippen molar-refractivity contribution in [2.75, 3.05) is 13.7 Å². The predicted molar refractivity (Wildman–Crippen MR) is 80.2 cm³/mol. The quantitative estimate of drug-likeness (QED) is 0.693. The molecule has 1 aromatic heterocycles. The molecule has 0 spiro atoms. The molecule has 0 aliphatic carbocycles. The Bertz CT molecular complexity index is 804. The summed E-state index contributed by atoms with van der Waals surface area (Å²) in [4.78, 5) is 24.5. The van der Waals surface area contributed by atoms with Crippen molar-refractivity contribution < 1.29 is 14.3 Å². The number of benzene rings is 1. The number of carbonyl (C=O) groups excluding carboxylic acids is 2. The van der Waals surface area contributed by atoms with Crippen LogP contribution in [0.2, 0.25) is 0 Å². The average molecular weight is 296 g/mol. The van der Waals surface area contributed by atoms with E-state index in [1.165, 1.54) is 18.2 Å².